The monoisotopic (exact) mass is 1040 g/mol. The van der Waals surface area contributed by atoms with E-state index in [1.54, 1.807) is 0 Å². The van der Waals surface area contributed by atoms with Crippen molar-refractivity contribution >= 4 is 68.6 Å². The number of benzene rings is 7. The van der Waals surface area contributed by atoms with Crippen LogP contribution in [0.5, 0.6) is 0 Å². The highest BCUT2D eigenvalue weighted by Crippen LogP contribution is 2.61. The van der Waals surface area contributed by atoms with Crippen LogP contribution in [0, 0.1) is 0 Å². The molecule has 0 radical (unpaired) electrons. The quantitative estimate of drug-likeness (QED) is 0.163. The summed E-state index contributed by atoms with van der Waals surface area (Å²) in [6, 6.07) is 54.2. The van der Waals surface area contributed by atoms with Crippen molar-refractivity contribution in [3.05, 3.63) is 172 Å². The molecule has 13 rings (SSSR count). The van der Waals surface area contributed by atoms with Gasteiger partial charge < -0.3 is 14.7 Å². The molecule has 3 aliphatic carbocycles. The molecule has 0 spiro atoms. The Labute approximate surface area is 476 Å². The Morgan fingerprint density at radius 2 is 0.949 bits per heavy atom. The average molecular weight is 1040 g/mol. The predicted octanol–water partition coefficient (Wildman–Crippen LogP) is 18.9. The van der Waals surface area contributed by atoms with Gasteiger partial charge in [-0.15, -0.1) is 0 Å². The molecule has 7 aromatic carbocycles. The summed E-state index contributed by atoms with van der Waals surface area (Å²) in [4.78, 5) is 8.32. The smallest absolute Gasteiger partial charge is 0.252 e. The number of hydrogen-bond acceptors (Lipinski definition) is 3. The number of anilines is 8. The first-order valence-corrected chi connectivity index (χ1v) is 30.5. The van der Waals surface area contributed by atoms with E-state index in [-0.39, 0.29) is 50.2 Å². The van der Waals surface area contributed by atoms with Crippen LogP contribution in [-0.4, -0.2) is 12.3 Å². The van der Waals surface area contributed by atoms with Gasteiger partial charge in [-0.1, -0.05) is 196 Å². The highest BCUT2D eigenvalue weighted by molar-refractivity contribution is 7.00. The second-order valence-corrected chi connectivity index (χ2v) is 30.6. The maximum Gasteiger partial charge on any atom is 0.252 e. The Kier molecular flexibility index (Phi) is 11.4. The first-order chi connectivity index (χ1) is 37.1. The lowest BCUT2D eigenvalue weighted by molar-refractivity contribution is 0.261. The predicted molar refractivity (Wildman–Crippen MR) is 341 cm³/mol. The van der Waals surface area contributed by atoms with Gasteiger partial charge in [0.25, 0.3) is 6.71 Å². The molecule has 0 amide bonds. The molecule has 0 bridgehead atoms. The molecule has 0 N–H and O–H groups in total. The van der Waals surface area contributed by atoms with Crippen molar-refractivity contribution in [1.29, 1.82) is 0 Å². The Morgan fingerprint density at radius 1 is 0.380 bits per heavy atom. The fourth-order valence-electron chi connectivity index (χ4n) is 16.2. The molecule has 1 saturated carbocycles. The lowest BCUT2D eigenvalue weighted by Crippen LogP contribution is -2.62. The van der Waals surface area contributed by atoms with Crippen LogP contribution in [0.3, 0.4) is 0 Å². The fraction of sp³-hybridized carbons (Fsp3) is 0.440. The van der Waals surface area contributed by atoms with Gasteiger partial charge in [-0.2, -0.15) is 0 Å². The standard InChI is InChI=1S/C75H88BN3/c1-68(2,3)49-29-34-61(53(41-49)48-25-19-17-20-26-48)78-63-45-52(79-62-28-22-21-27-55(62)74(15)35-23-18-24-36-75(74,79)16)31-33-59(63)76-60-46-57-58(73(13,14)40-39-72(57,11)12)47-64(60)77(65-42-50(69(4,5)6)43-66(78)67(65)76)51-30-32-54-56(44-51)71(9,10)38-37-70(54,7)8/h17,19-22,25-34,41-47H,18,23-24,35-40H2,1-16H3. The van der Waals surface area contributed by atoms with Crippen molar-refractivity contribution in [3.63, 3.8) is 0 Å². The van der Waals surface area contributed by atoms with Crippen LogP contribution in [0.1, 0.15) is 208 Å². The van der Waals surface area contributed by atoms with Gasteiger partial charge in [0, 0.05) is 50.8 Å². The van der Waals surface area contributed by atoms with Gasteiger partial charge in [0.2, 0.25) is 0 Å². The minimum atomic E-state index is -0.152. The third-order valence-electron chi connectivity index (χ3n) is 21.7. The van der Waals surface area contributed by atoms with Crippen LogP contribution < -0.4 is 31.1 Å². The van der Waals surface area contributed by atoms with Crippen molar-refractivity contribution in [3.8, 4) is 11.1 Å². The van der Waals surface area contributed by atoms with Crippen LogP contribution in [0.15, 0.2) is 133 Å². The third kappa shape index (κ3) is 7.78. The molecule has 79 heavy (non-hydrogen) atoms. The number of rotatable bonds is 4. The van der Waals surface area contributed by atoms with Crippen LogP contribution in [0.4, 0.5) is 45.5 Å². The fourth-order valence-corrected chi connectivity index (χ4v) is 16.2. The van der Waals surface area contributed by atoms with Gasteiger partial charge in [0.1, 0.15) is 0 Å². The van der Waals surface area contributed by atoms with Crippen molar-refractivity contribution < 1.29 is 0 Å². The topological polar surface area (TPSA) is 9.72 Å². The Hall–Kier alpha value is -6.00. The minimum absolute atomic E-state index is 0.0108. The summed E-state index contributed by atoms with van der Waals surface area (Å²) in [5, 5.41) is 0. The third-order valence-corrected chi connectivity index (χ3v) is 21.7. The van der Waals surface area contributed by atoms with E-state index in [0.29, 0.717) is 0 Å². The molecule has 4 heteroatoms. The lowest BCUT2D eigenvalue weighted by atomic mass is 9.33. The van der Waals surface area contributed by atoms with Gasteiger partial charge in [-0.05, 0) is 199 Å². The van der Waals surface area contributed by atoms with E-state index in [1.165, 1.54) is 163 Å². The van der Waals surface area contributed by atoms with E-state index in [2.05, 4.69) is 259 Å². The molecule has 0 saturated heterocycles. The highest BCUT2D eigenvalue weighted by atomic mass is 15.3. The molecular weight excluding hydrogens is 954 g/mol. The van der Waals surface area contributed by atoms with Crippen molar-refractivity contribution in [1.82, 2.24) is 0 Å². The first kappa shape index (κ1) is 52.4. The summed E-state index contributed by atoms with van der Waals surface area (Å²) in [7, 11) is 0. The zero-order valence-corrected chi connectivity index (χ0v) is 51.0. The minimum Gasteiger partial charge on any atom is -0.334 e. The molecule has 0 aromatic heterocycles. The van der Waals surface area contributed by atoms with E-state index >= 15 is 0 Å². The Balaban J connectivity index is 1.17. The molecule has 2 atom stereocenters. The largest absolute Gasteiger partial charge is 0.334 e. The molecule has 1 fully saturated rings. The van der Waals surface area contributed by atoms with Gasteiger partial charge in [-0.3, -0.25) is 0 Å². The zero-order valence-electron chi connectivity index (χ0n) is 51.0. The van der Waals surface area contributed by atoms with Crippen molar-refractivity contribution in [2.75, 3.05) is 14.7 Å². The van der Waals surface area contributed by atoms with Gasteiger partial charge in [0.05, 0.1) is 11.2 Å². The van der Waals surface area contributed by atoms with Crippen molar-refractivity contribution in [2.45, 2.75) is 212 Å². The molecule has 406 valence electrons. The summed E-state index contributed by atoms with van der Waals surface area (Å²) >= 11 is 0. The van der Waals surface area contributed by atoms with Crippen LogP contribution in [0.25, 0.3) is 11.1 Å². The molecular formula is C75H88BN3. The van der Waals surface area contributed by atoms with E-state index in [0.717, 1.165) is 6.42 Å². The summed E-state index contributed by atoms with van der Waals surface area (Å²) in [5.74, 6) is 0. The highest BCUT2D eigenvalue weighted by Gasteiger charge is 2.57. The average Bonchev–Trinajstić information content (AvgIpc) is 3.38. The van der Waals surface area contributed by atoms with Crippen molar-refractivity contribution in [2.24, 2.45) is 0 Å². The van der Waals surface area contributed by atoms with Gasteiger partial charge >= 0.3 is 0 Å². The van der Waals surface area contributed by atoms with Crippen LogP contribution in [0.2, 0.25) is 0 Å². The van der Waals surface area contributed by atoms with Gasteiger partial charge in [-0.25, -0.2) is 0 Å². The normalized spacial score (nSPS) is 22.9. The lowest BCUT2D eigenvalue weighted by Gasteiger charge is -2.49. The van der Waals surface area contributed by atoms with Crippen LogP contribution >= 0.6 is 0 Å². The first-order valence-electron chi connectivity index (χ1n) is 30.5. The maximum absolute atomic E-state index is 2.82. The molecule has 3 heterocycles. The zero-order chi connectivity index (χ0) is 55.8. The van der Waals surface area contributed by atoms with E-state index in [1.807, 2.05) is 0 Å². The summed E-state index contributed by atoms with van der Waals surface area (Å²) in [6.07, 6.45) is 10.9. The molecule has 3 aliphatic heterocycles. The Morgan fingerprint density at radius 3 is 1.62 bits per heavy atom. The molecule has 3 nitrogen and oxygen atoms in total. The second kappa shape index (κ2) is 17.3. The summed E-state index contributed by atoms with van der Waals surface area (Å²) < 4.78 is 0. The summed E-state index contributed by atoms with van der Waals surface area (Å²) in [5.41, 5.74) is 27.3. The Bertz CT molecular complexity index is 3630. The van der Waals surface area contributed by atoms with Crippen LogP contribution in [-0.2, 0) is 37.9 Å². The molecule has 7 aromatic rings. The molecule has 6 aliphatic rings. The summed E-state index contributed by atoms with van der Waals surface area (Å²) in [6.45, 7) is 39.5. The maximum atomic E-state index is 2.82. The molecule has 2 unspecified atom stereocenters. The van der Waals surface area contributed by atoms with E-state index < -0.39 is 0 Å². The number of fused-ring (bicyclic) bond motifs is 9. The van der Waals surface area contributed by atoms with E-state index in [4.69, 9.17) is 0 Å². The number of para-hydroxylation sites is 1. The number of hydrogen-bond donors (Lipinski definition) is 0. The SMILES string of the molecule is CC(C)(C)c1ccc(N2c3cc(N4c5ccccc5C5(C)CCCCCC45C)ccc3B3c4cc5c(cc4N(c4ccc6c(c4)C(C)(C)CCC6(C)C)c4cc(C(C)(C)C)cc2c43)C(C)(C)CCC5(C)C)c(-c2ccccc2)c1. The number of nitrogens with zero attached hydrogens (tertiary/aromatic N) is 3. The van der Waals surface area contributed by atoms with E-state index in [9.17, 15) is 0 Å². The second-order valence-electron chi connectivity index (χ2n) is 30.6. The van der Waals surface area contributed by atoms with Gasteiger partial charge in [0.15, 0.2) is 0 Å².